The van der Waals surface area contributed by atoms with Crippen molar-refractivity contribution in [1.29, 1.82) is 0 Å². The van der Waals surface area contributed by atoms with Crippen LogP contribution >= 0.6 is 12.4 Å². The molecular weight excluding hydrogens is 338 g/mol. The summed E-state index contributed by atoms with van der Waals surface area (Å²) in [7, 11) is 2.03. The second-order valence-electron chi connectivity index (χ2n) is 5.77. The minimum Gasteiger partial charge on any atom is -0.361 e. The molecule has 0 aliphatic heterocycles. The zero-order chi connectivity index (χ0) is 16.9. The maximum Gasteiger partial charge on any atom is 0.276 e. The first-order chi connectivity index (χ1) is 11.6. The van der Waals surface area contributed by atoms with Gasteiger partial charge in [-0.15, -0.1) is 12.4 Å². The van der Waals surface area contributed by atoms with E-state index < -0.39 is 0 Å². The van der Waals surface area contributed by atoms with Gasteiger partial charge in [-0.3, -0.25) is 15.0 Å². The summed E-state index contributed by atoms with van der Waals surface area (Å²) in [5.41, 5.74) is 3.15. The number of nitrogens with zero attached hydrogens (tertiary/aromatic N) is 2. The predicted molar refractivity (Wildman–Crippen MR) is 104 cm³/mol. The third-order valence-corrected chi connectivity index (χ3v) is 3.96. The zero-order valence-corrected chi connectivity index (χ0v) is 14.7. The van der Waals surface area contributed by atoms with Crippen LogP contribution in [0.1, 0.15) is 11.1 Å². The quantitative estimate of drug-likeness (QED) is 0.516. The fraction of sp³-hybridized carbons (Fsp3) is 0.158. The van der Waals surface area contributed by atoms with Crippen molar-refractivity contribution in [3.63, 3.8) is 0 Å². The summed E-state index contributed by atoms with van der Waals surface area (Å²) < 4.78 is 0. The fourth-order valence-electron chi connectivity index (χ4n) is 2.79. The number of nitro groups is 1. The molecule has 0 fully saturated rings. The molecule has 1 N–H and O–H groups in total. The highest BCUT2D eigenvalue weighted by molar-refractivity contribution is 5.85. The Hall–Kier alpha value is -2.63. The molecule has 25 heavy (non-hydrogen) atoms. The Kier molecular flexibility index (Phi) is 6.33. The van der Waals surface area contributed by atoms with Gasteiger partial charge in [0.1, 0.15) is 0 Å². The van der Waals surface area contributed by atoms with E-state index in [4.69, 9.17) is 0 Å². The summed E-state index contributed by atoms with van der Waals surface area (Å²) in [6.07, 6.45) is 5.71. The van der Waals surface area contributed by atoms with Crippen LogP contribution in [0.4, 0.5) is 5.69 Å². The van der Waals surface area contributed by atoms with Gasteiger partial charge in [0, 0.05) is 30.9 Å². The zero-order valence-electron chi connectivity index (χ0n) is 13.9. The molecule has 3 rings (SSSR count). The van der Waals surface area contributed by atoms with Crippen molar-refractivity contribution in [2.24, 2.45) is 0 Å². The largest absolute Gasteiger partial charge is 0.361 e. The third kappa shape index (κ3) is 4.47. The van der Waals surface area contributed by atoms with E-state index in [0.717, 1.165) is 12.1 Å². The predicted octanol–water partition coefficient (Wildman–Crippen LogP) is 4.64. The Bertz CT molecular complexity index is 889. The minimum atomic E-state index is -0.352. The average molecular weight is 358 g/mol. The molecule has 0 radical (unpaired) electrons. The Morgan fingerprint density at radius 3 is 2.76 bits per heavy atom. The van der Waals surface area contributed by atoms with E-state index >= 15 is 0 Å². The van der Waals surface area contributed by atoms with Crippen molar-refractivity contribution in [2.75, 3.05) is 13.6 Å². The molecule has 130 valence electrons. The van der Waals surface area contributed by atoms with Crippen LogP contribution in [-0.4, -0.2) is 28.4 Å². The van der Waals surface area contributed by atoms with Crippen LogP contribution in [0.2, 0.25) is 0 Å². The van der Waals surface area contributed by atoms with E-state index in [2.05, 4.69) is 34.1 Å². The van der Waals surface area contributed by atoms with Crippen LogP contribution in [0.5, 0.6) is 0 Å². The van der Waals surface area contributed by atoms with Crippen molar-refractivity contribution in [3.05, 3.63) is 82.0 Å². The summed E-state index contributed by atoms with van der Waals surface area (Å²) >= 11 is 0. The van der Waals surface area contributed by atoms with Crippen LogP contribution in [0.15, 0.2) is 60.8 Å². The summed E-state index contributed by atoms with van der Waals surface area (Å²) in [6.45, 7) is 1.52. The lowest BCUT2D eigenvalue weighted by Gasteiger charge is -2.15. The molecule has 1 aromatic heterocycles. The number of rotatable bonds is 6. The van der Waals surface area contributed by atoms with E-state index in [0.29, 0.717) is 12.1 Å². The Balaban J connectivity index is 0.00000225. The number of likely N-dealkylation sites (N-methyl/N-ethyl adjacent to an activating group) is 1. The molecular formula is C19H20ClN3O2. The number of hydrogen-bond donors (Lipinski definition) is 1. The van der Waals surface area contributed by atoms with Gasteiger partial charge < -0.3 is 4.98 Å². The van der Waals surface area contributed by atoms with Gasteiger partial charge in [-0.2, -0.15) is 0 Å². The van der Waals surface area contributed by atoms with E-state index in [1.54, 1.807) is 12.1 Å². The average Bonchev–Trinajstić information content (AvgIpc) is 3.05. The van der Waals surface area contributed by atoms with Gasteiger partial charge in [0.15, 0.2) is 0 Å². The van der Waals surface area contributed by atoms with Crippen LogP contribution < -0.4 is 0 Å². The number of fused-ring (bicyclic) bond motifs is 1. The highest BCUT2D eigenvalue weighted by Crippen LogP contribution is 2.20. The van der Waals surface area contributed by atoms with Crippen molar-refractivity contribution < 1.29 is 4.92 Å². The van der Waals surface area contributed by atoms with Gasteiger partial charge in [0.25, 0.3) is 5.69 Å². The van der Waals surface area contributed by atoms with Crippen molar-refractivity contribution in [1.82, 2.24) is 9.88 Å². The summed E-state index contributed by atoms with van der Waals surface area (Å²) in [5.74, 6) is 0. The molecule has 6 heteroatoms. The van der Waals surface area contributed by atoms with Crippen molar-refractivity contribution in [2.45, 2.75) is 6.54 Å². The summed E-state index contributed by atoms with van der Waals surface area (Å²) in [4.78, 5) is 16.1. The summed E-state index contributed by atoms with van der Waals surface area (Å²) in [5, 5.41) is 12.2. The highest BCUT2D eigenvalue weighted by Gasteiger charge is 2.09. The number of halogens is 1. The lowest BCUT2D eigenvalue weighted by atomic mass is 10.1. The van der Waals surface area contributed by atoms with E-state index in [1.807, 2.05) is 31.5 Å². The Morgan fingerprint density at radius 1 is 1.16 bits per heavy atom. The molecule has 0 bridgehead atoms. The minimum absolute atomic E-state index is 0. The van der Waals surface area contributed by atoms with Crippen molar-refractivity contribution in [3.8, 4) is 0 Å². The number of para-hydroxylation sites is 2. The SMILES string of the molecule is CN(C/C=C/c1ccccc1[N+](=O)[O-])Cc1cccc2cc[nH]c12.Cl. The van der Waals surface area contributed by atoms with Gasteiger partial charge in [0.05, 0.1) is 10.5 Å². The summed E-state index contributed by atoms with van der Waals surface area (Å²) in [6, 6.07) is 15.1. The molecule has 3 aromatic rings. The molecule has 0 spiro atoms. The van der Waals surface area contributed by atoms with Gasteiger partial charge in [-0.05, 0) is 30.1 Å². The standard InChI is InChI=1S/C19H19N3O2.ClH/c1-21(14-17-8-4-7-16-11-12-20-19(16)17)13-5-9-15-6-2-3-10-18(15)22(23)24;/h2-12,20H,13-14H2,1H3;1H/b9-5+;. The molecule has 2 aromatic carbocycles. The molecule has 0 amide bonds. The second-order valence-corrected chi connectivity index (χ2v) is 5.77. The molecule has 1 heterocycles. The lowest BCUT2D eigenvalue weighted by Crippen LogP contribution is -2.17. The first-order valence-corrected chi connectivity index (χ1v) is 7.78. The van der Waals surface area contributed by atoms with Crippen LogP contribution in [0.25, 0.3) is 17.0 Å². The molecule has 0 aliphatic rings. The highest BCUT2D eigenvalue weighted by atomic mass is 35.5. The van der Waals surface area contributed by atoms with Crippen molar-refractivity contribution >= 4 is 35.1 Å². The number of nitro benzene ring substituents is 1. The molecule has 0 aliphatic carbocycles. The Labute approximate surface area is 152 Å². The number of benzene rings is 2. The molecule has 0 unspecified atom stereocenters. The topological polar surface area (TPSA) is 62.2 Å². The first kappa shape index (κ1) is 18.7. The lowest BCUT2D eigenvalue weighted by molar-refractivity contribution is -0.385. The molecule has 5 nitrogen and oxygen atoms in total. The smallest absolute Gasteiger partial charge is 0.276 e. The molecule has 0 atom stereocenters. The fourth-order valence-corrected chi connectivity index (χ4v) is 2.79. The number of aromatic amines is 1. The number of hydrogen-bond acceptors (Lipinski definition) is 3. The number of H-pyrrole nitrogens is 1. The van der Waals surface area contributed by atoms with E-state index in [9.17, 15) is 10.1 Å². The normalized spacial score (nSPS) is 11.1. The maximum absolute atomic E-state index is 11.0. The second kappa shape index (κ2) is 8.46. The number of nitrogens with one attached hydrogen (secondary N) is 1. The first-order valence-electron chi connectivity index (χ1n) is 7.78. The van der Waals surface area contributed by atoms with Gasteiger partial charge in [0.2, 0.25) is 0 Å². The van der Waals surface area contributed by atoms with Crippen LogP contribution in [0, 0.1) is 10.1 Å². The van der Waals surface area contributed by atoms with Gasteiger partial charge in [-0.1, -0.05) is 42.5 Å². The third-order valence-electron chi connectivity index (χ3n) is 3.96. The number of aromatic nitrogens is 1. The van der Waals surface area contributed by atoms with Crippen LogP contribution in [-0.2, 0) is 6.54 Å². The maximum atomic E-state index is 11.0. The van der Waals surface area contributed by atoms with Gasteiger partial charge in [-0.25, -0.2) is 0 Å². The van der Waals surface area contributed by atoms with Crippen LogP contribution in [0.3, 0.4) is 0 Å². The molecule has 0 saturated carbocycles. The van der Waals surface area contributed by atoms with E-state index in [-0.39, 0.29) is 23.0 Å². The molecule has 0 saturated heterocycles. The van der Waals surface area contributed by atoms with Gasteiger partial charge >= 0.3 is 0 Å². The van der Waals surface area contributed by atoms with E-state index in [1.165, 1.54) is 17.0 Å². The Morgan fingerprint density at radius 2 is 1.96 bits per heavy atom. The monoisotopic (exact) mass is 357 g/mol.